The standard InChI is InChI=1S/C32H46N2O5.2ClH.Pt/c1-31-11-9-27-26-8-6-25(36)20-23(26)5-7-28(27)29(31)21-32(22-35,30(31)37)12-16-38-18-19-39-17-15-33-14-10-24-4-2-3-13-34-24;;;/h2-4,6,8,13,20,27-30,33,35-37H,5,7,9-12,14-19,21-22H2,1H3;2*1H;/q;;;+2/p-2/t27?,28?,29?,30-,31+,32-;;;/m1.../s1. The van der Waals surface area contributed by atoms with E-state index >= 15 is 0 Å². The minimum atomic E-state index is -0.529. The summed E-state index contributed by atoms with van der Waals surface area (Å²) in [5.74, 6) is 1.72. The van der Waals surface area contributed by atoms with Gasteiger partial charge in [0.2, 0.25) is 0 Å². The van der Waals surface area contributed by atoms with E-state index in [0.717, 1.165) is 57.3 Å². The van der Waals surface area contributed by atoms with E-state index in [4.69, 9.17) is 28.3 Å². The van der Waals surface area contributed by atoms with E-state index in [2.05, 4.69) is 23.3 Å². The summed E-state index contributed by atoms with van der Waals surface area (Å²) in [6.07, 6.45) is 7.78. The molecule has 0 radical (unpaired) electrons. The number of hydrogen-bond acceptors (Lipinski definition) is 7. The Morgan fingerprint density at radius 3 is 2.60 bits per heavy atom. The van der Waals surface area contributed by atoms with Crippen molar-refractivity contribution in [2.45, 2.75) is 63.9 Å². The number of ether oxygens (including phenoxy) is 2. The molecule has 3 aliphatic rings. The molecule has 6 atom stereocenters. The topological polar surface area (TPSA) is 104 Å². The van der Waals surface area contributed by atoms with Gasteiger partial charge in [-0.1, -0.05) is 19.1 Å². The van der Waals surface area contributed by atoms with E-state index in [1.54, 1.807) is 0 Å². The third-order valence-electron chi connectivity index (χ3n) is 10.1. The van der Waals surface area contributed by atoms with Gasteiger partial charge in [0.1, 0.15) is 5.75 Å². The van der Waals surface area contributed by atoms with E-state index in [1.165, 1.54) is 11.1 Å². The molecule has 1 heterocycles. The summed E-state index contributed by atoms with van der Waals surface area (Å²) in [7, 11) is 9.75. The van der Waals surface area contributed by atoms with E-state index in [1.807, 2.05) is 36.5 Å². The number of benzene rings is 1. The average molecular weight is 805 g/mol. The Labute approximate surface area is 267 Å². The van der Waals surface area contributed by atoms with Crippen molar-refractivity contribution in [3.63, 3.8) is 0 Å². The van der Waals surface area contributed by atoms with Crippen LogP contribution < -0.4 is 5.32 Å². The molecule has 10 heteroatoms. The third kappa shape index (κ3) is 8.09. The first-order valence-electron chi connectivity index (χ1n) is 15.1. The van der Waals surface area contributed by atoms with Crippen molar-refractivity contribution in [2.24, 2.45) is 22.7 Å². The zero-order valence-corrected chi connectivity index (χ0v) is 28.2. The number of aliphatic hydroxyl groups excluding tert-OH is 2. The van der Waals surface area contributed by atoms with Gasteiger partial charge < -0.3 is 30.1 Å². The number of nitrogens with zero attached hydrogens (tertiary/aromatic N) is 1. The minimum absolute atomic E-state index is 0.00780. The number of fused-ring (bicyclic) bond motifs is 5. The second-order valence-electron chi connectivity index (χ2n) is 12.3. The van der Waals surface area contributed by atoms with Crippen LogP contribution in [-0.4, -0.2) is 72.5 Å². The van der Waals surface area contributed by atoms with Gasteiger partial charge in [-0.25, -0.2) is 0 Å². The molecule has 2 aromatic rings. The van der Waals surface area contributed by atoms with Crippen LogP contribution in [0.5, 0.6) is 5.75 Å². The average Bonchev–Trinajstić information content (AvgIpc) is 3.23. The fourth-order valence-electron chi connectivity index (χ4n) is 7.99. The Morgan fingerprint density at radius 2 is 1.86 bits per heavy atom. The molecular weight excluding hydrogens is 758 g/mol. The van der Waals surface area contributed by atoms with E-state index in [9.17, 15) is 15.3 Å². The van der Waals surface area contributed by atoms with Gasteiger partial charge in [0.25, 0.3) is 0 Å². The molecule has 0 saturated heterocycles. The molecule has 4 N–H and O–H groups in total. The monoisotopic (exact) mass is 803 g/mol. The van der Waals surface area contributed by atoms with Crippen molar-refractivity contribution in [1.82, 2.24) is 10.3 Å². The van der Waals surface area contributed by atoms with Gasteiger partial charge >= 0.3 is 35.3 Å². The summed E-state index contributed by atoms with van der Waals surface area (Å²) >= 11 is -0.472. The first-order valence-corrected chi connectivity index (χ1v) is 20.7. The number of pyridine rings is 1. The summed E-state index contributed by atoms with van der Waals surface area (Å²) in [5.41, 5.74) is 3.06. The number of phenolic OH excluding ortho intramolecular Hbond substituents is 1. The molecule has 0 aliphatic heterocycles. The van der Waals surface area contributed by atoms with Crippen molar-refractivity contribution in [3.05, 3.63) is 59.4 Å². The number of hydrogen-bond donors (Lipinski definition) is 4. The predicted molar refractivity (Wildman–Crippen MR) is 162 cm³/mol. The summed E-state index contributed by atoms with van der Waals surface area (Å²) in [6, 6.07) is 11.8. The van der Waals surface area contributed by atoms with Gasteiger partial charge in [0.15, 0.2) is 0 Å². The van der Waals surface area contributed by atoms with Crippen LogP contribution in [-0.2, 0) is 38.8 Å². The summed E-state index contributed by atoms with van der Waals surface area (Å²) in [6.45, 7) is 6.11. The first kappa shape index (κ1) is 34.1. The second-order valence-corrected chi connectivity index (χ2v) is 15.6. The van der Waals surface area contributed by atoms with E-state index in [0.29, 0.717) is 56.4 Å². The quantitative estimate of drug-likeness (QED) is 0.206. The zero-order chi connectivity index (χ0) is 30.0. The molecule has 7 nitrogen and oxygen atoms in total. The zero-order valence-electron chi connectivity index (χ0n) is 24.4. The Bertz CT molecular complexity index is 1100. The van der Waals surface area contributed by atoms with Gasteiger partial charge in [0.05, 0.1) is 32.5 Å². The van der Waals surface area contributed by atoms with Crippen LogP contribution in [0.25, 0.3) is 0 Å². The van der Waals surface area contributed by atoms with E-state index in [-0.39, 0.29) is 12.0 Å². The molecule has 5 rings (SSSR count). The van der Waals surface area contributed by atoms with Crippen molar-refractivity contribution in [1.29, 1.82) is 0 Å². The second kappa shape index (κ2) is 16.5. The van der Waals surface area contributed by atoms with Crippen LogP contribution in [0.4, 0.5) is 0 Å². The number of halogens is 2. The van der Waals surface area contributed by atoms with Crippen LogP contribution >= 0.6 is 18.8 Å². The molecule has 0 amide bonds. The summed E-state index contributed by atoms with van der Waals surface area (Å²) < 4.78 is 11.6. The molecule has 3 aliphatic carbocycles. The van der Waals surface area contributed by atoms with Crippen LogP contribution in [0, 0.1) is 22.7 Å². The molecule has 1 aromatic carbocycles. The van der Waals surface area contributed by atoms with Gasteiger partial charge in [-0.05, 0) is 97.1 Å². The molecule has 2 fully saturated rings. The maximum absolute atomic E-state index is 11.6. The SMILES string of the molecule is C[C@]12CCC3c4ccc(O)cc4CCC3C1C[C@@](CO)(CCOCCOCCNCCc1ccccn1)[C@@H]2O.[Cl][Pt][Cl]. The Balaban J connectivity index is 0.00000129. The third-order valence-corrected chi connectivity index (χ3v) is 10.1. The maximum atomic E-state index is 11.6. The van der Waals surface area contributed by atoms with Crippen LogP contribution in [0.15, 0.2) is 42.6 Å². The van der Waals surface area contributed by atoms with Crippen molar-refractivity contribution < 1.29 is 41.3 Å². The molecule has 238 valence electrons. The van der Waals surface area contributed by atoms with Crippen LogP contribution in [0.1, 0.15) is 61.8 Å². The summed E-state index contributed by atoms with van der Waals surface area (Å²) in [4.78, 5) is 4.33. The molecule has 1 aromatic heterocycles. The molecule has 0 bridgehead atoms. The molecule has 42 heavy (non-hydrogen) atoms. The molecule has 2 saturated carbocycles. The van der Waals surface area contributed by atoms with Crippen LogP contribution in [0.3, 0.4) is 0 Å². The number of nitrogens with one attached hydrogen (secondary N) is 1. The first-order chi connectivity index (χ1) is 20.4. The van der Waals surface area contributed by atoms with Gasteiger partial charge in [-0.3, -0.25) is 4.98 Å². The van der Waals surface area contributed by atoms with Gasteiger partial charge in [-0.15, -0.1) is 0 Å². The predicted octanol–water partition coefficient (Wildman–Crippen LogP) is 5.22. The number of aromatic nitrogens is 1. The van der Waals surface area contributed by atoms with Crippen molar-refractivity contribution in [2.75, 3.05) is 46.1 Å². The Kier molecular flexibility index (Phi) is 13.4. The Hall–Kier alpha value is -0.762. The summed E-state index contributed by atoms with van der Waals surface area (Å²) in [5, 5.41) is 35.5. The van der Waals surface area contributed by atoms with Crippen LogP contribution in [0.2, 0.25) is 0 Å². The fraction of sp³-hybridized carbons (Fsp3) is 0.656. The van der Waals surface area contributed by atoms with Crippen molar-refractivity contribution >= 4 is 18.8 Å². The number of aliphatic hydroxyl groups is 2. The molecule has 3 unspecified atom stereocenters. The fourth-order valence-corrected chi connectivity index (χ4v) is 7.99. The number of aromatic hydroxyl groups is 1. The molecular formula is C32H46Cl2N2O5Pt. The van der Waals surface area contributed by atoms with E-state index < -0.39 is 28.0 Å². The normalized spacial score (nSPS) is 29.7. The number of phenols is 1. The van der Waals surface area contributed by atoms with Gasteiger partial charge in [-0.2, -0.15) is 0 Å². The van der Waals surface area contributed by atoms with Gasteiger partial charge in [0, 0.05) is 43.4 Å². The Morgan fingerprint density at radius 1 is 1.07 bits per heavy atom. The number of aryl methyl sites for hydroxylation is 1. The molecule has 0 spiro atoms. The van der Waals surface area contributed by atoms with Crippen molar-refractivity contribution in [3.8, 4) is 5.75 Å². The number of rotatable bonds is 13.